The summed E-state index contributed by atoms with van der Waals surface area (Å²) in [6.07, 6.45) is 7.63. The zero-order chi connectivity index (χ0) is 15.2. The van der Waals surface area contributed by atoms with Crippen LogP contribution in [0, 0.1) is 0 Å². The van der Waals surface area contributed by atoms with Gasteiger partial charge in [0.2, 0.25) is 5.91 Å². The monoisotopic (exact) mass is 325 g/mol. The number of benzene rings is 1. The Balaban J connectivity index is 1.96. The van der Waals surface area contributed by atoms with Gasteiger partial charge in [-0.3, -0.25) is 4.79 Å². The predicted octanol–water partition coefficient (Wildman–Crippen LogP) is 5.02. The Labute approximate surface area is 136 Å². The summed E-state index contributed by atoms with van der Waals surface area (Å²) >= 11 is 11.3. The van der Waals surface area contributed by atoms with Gasteiger partial charge in [0.1, 0.15) is 4.49 Å². The van der Waals surface area contributed by atoms with E-state index in [1.807, 2.05) is 31.2 Å². The number of hydrogen-bond acceptors (Lipinski definition) is 1. The molecule has 1 fully saturated rings. The van der Waals surface area contributed by atoms with Gasteiger partial charge in [-0.15, -0.1) is 0 Å². The molecule has 2 nitrogen and oxygen atoms in total. The van der Waals surface area contributed by atoms with Crippen LogP contribution in [0.5, 0.6) is 0 Å². The van der Waals surface area contributed by atoms with Gasteiger partial charge < -0.3 is 5.32 Å². The molecule has 0 bridgehead atoms. The van der Waals surface area contributed by atoms with Crippen molar-refractivity contribution in [1.29, 1.82) is 0 Å². The lowest BCUT2D eigenvalue weighted by Gasteiger charge is -2.24. The molecule has 1 amide bonds. The molecule has 0 heterocycles. The molecule has 114 valence electrons. The van der Waals surface area contributed by atoms with Crippen LogP contribution in [0.25, 0.3) is 6.08 Å². The van der Waals surface area contributed by atoms with Crippen LogP contribution in [0.1, 0.15) is 56.1 Å². The van der Waals surface area contributed by atoms with Crippen molar-refractivity contribution < 1.29 is 4.79 Å². The maximum absolute atomic E-state index is 12.3. The fraction of sp³-hybridized carbons (Fsp3) is 0.471. The van der Waals surface area contributed by atoms with Gasteiger partial charge in [-0.2, -0.15) is 0 Å². The van der Waals surface area contributed by atoms with Gasteiger partial charge in [0, 0.05) is 6.04 Å². The Hall–Kier alpha value is -0.990. The Morgan fingerprint density at radius 3 is 2.38 bits per heavy atom. The van der Waals surface area contributed by atoms with Crippen LogP contribution in [-0.2, 0) is 4.79 Å². The van der Waals surface area contributed by atoms with E-state index >= 15 is 0 Å². The highest BCUT2D eigenvalue weighted by molar-refractivity contribution is 6.57. The summed E-state index contributed by atoms with van der Waals surface area (Å²) < 4.78 is 0.228. The fourth-order valence-electron chi connectivity index (χ4n) is 2.73. The van der Waals surface area contributed by atoms with Crippen LogP contribution in [0.4, 0.5) is 0 Å². The van der Waals surface area contributed by atoms with Crippen LogP contribution in [0.3, 0.4) is 0 Å². The van der Waals surface area contributed by atoms with Crippen LogP contribution in [-0.4, -0.2) is 11.9 Å². The van der Waals surface area contributed by atoms with Gasteiger partial charge in [-0.1, -0.05) is 66.7 Å². The van der Waals surface area contributed by atoms with E-state index in [0.29, 0.717) is 6.04 Å². The molecular formula is C17H21Cl2NO. The fourth-order valence-corrected chi connectivity index (χ4v) is 2.98. The molecule has 1 atom stereocenters. The molecule has 1 N–H and O–H groups in total. The smallest absolute Gasteiger partial charge is 0.227 e. The quantitative estimate of drug-likeness (QED) is 0.827. The van der Waals surface area contributed by atoms with Crippen LogP contribution in [0.2, 0.25) is 0 Å². The first-order valence-electron chi connectivity index (χ1n) is 7.49. The van der Waals surface area contributed by atoms with Gasteiger partial charge in [-0.05, 0) is 37.0 Å². The number of carbonyl (C=O) groups excluding carboxylic acids is 1. The van der Waals surface area contributed by atoms with Crippen LogP contribution >= 0.6 is 23.2 Å². The van der Waals surface area contributed by atoms with Crippen molar-refractivity contribution in [2.24, 2.45) is 0 Å². The van der Waals surface area contributed by atoms with Crippen LogP contribution < -0.4 is 5.32 Å². The number of rotatable bonds is 4. The molecule has 0 radical (unpaired) electrons. The topological polar surface area (TPSA) is 29.1 Å². The molecule has 1 aromatic rings. The summed E-state index contributed by atoms with van der Waals surface area (Å²) in [5.74, 6) is -0.0306. The number of amides is 1. The molecule has 21 heavy (non-hydrogen) atoms. The van der Waals surface area contributed by atoms with Crippen molar-refractivity contribution in [2.45, 2.75) is 51.0 Å². The lowest BCUT2D eigenvalue weighted by Crippen LogP contribution is -2.38. The van der Waals surface area contributed by atoms with Crippen LogP contribution in [0.15, 0.2) is 28.8 Å². The Kier molecular flexibility index (Phi) is 6.13. The molecular weight excluding hydrogens is 305 g/mol. The Morgan fingerprint density at radius 1 is 1.19 bits per heavy atom. The average molecular weight is 326 g/mol. The molecule has 1 unspecified atom stereocenters. The highest BCUT2D eigenvalue weighted by atomic mass is 35.5. The van der Waals surface area contributed by atoms with Gasteiger partial charge in [0.25, 0.3) is 0 Å². The largest absolute Gasteiger partial charge is 0.353 e. The molecule has 1 aromatic carbocycles. The highest BCUT2D eigenvalue weighted by Crippen LogP contribution is 2.21. The van der Waals surface area contributed by atoms with Crippen molar-refractivity contribution in [2.75, 3.05) is 0 Å². The first kappa shape index (κ1) is 16.4. The summed E-state index contributed by atoms with van der Waals surface area (Å²) in [5.41, 5.74) is 1.93. The number of carbonyl (C=O) groups is 1. The second-order valence-corrected chi connectivity index (χ2v) is 6.67. The lowest BCUT2D eigenvalue weighted by atomic mass is 9.93. The molecule has 0 aliphatic heterocycles. The first-order chi connectivity index (χ1) is 10.1. The lowest BCUT2D eigenvalue weighted by molar-refractivity contribution is -0.123. The van der Waals surface area contributed by atoms with E-state index in [1.165, 1.54) is 19.3 Å². The van der Waals surface area contributed by atoms with E-state index in [2.05, 4.69) is 5.32 Å². The zero-order valence-electron chi connectivity index (χ0n) is 12.2. The van der Waals surface area contributed by atoms with E-state index < -0.39 is 0 Å². The normalized spacial score (nSPS) is 17.1. The number of halogens is 2. The summed E-state index contributed by atoms with van der Waals surface area (Å²) in [4.78, 5) is 12.3. The number of nitrogens with one attached hydrogen (secondary N) is 1. The maximum Gasteiger partial charge on any atom is 0.227 e. The SMILES string of the molecule is CC(C(=O)NC1CCCCC1)c1ccc(C=C(Cl)Cl)cc1. The molecule has 1 saturated carbocycles. The van der Waals surface area contributed by atoms with Crippen molar-refractivity contribution >= 4 is 35.2 Å². The van der Waals surface area contributed by atoms with Crippen molar-refractivity contribution in [1.82, 2.24) is 5.32 Å². The zero-order valence-corrected chi connectivity index (χ0v) is 13.8. The van der Waals surface area contributed by atoms with Crippen molar-refractivity contribution in [3.63, 3.8) is 0 Å². The predicted molar refractivity (Wildman–Crippen MR) is 89.6 cm³/mol. The second-order valence-electron chi connectivity index (χ2n) is 5.67. The van der Waals surface area contributed by atoms with Gasteiger partial charge >= 0.3 is 0 Å². The third kappa shape index (κ3) is 5.05. The minimum Gasteiger partial charge on any atom is -0.353 e. The van der Waals surface area contributed by atoms with E-state index in [4.69, 9.17) is 23.2 Å². The Bertz CT molecular complexity index is 500. The standard InChI is InChI=1S/C17H21Cl2NO/c1-12(17(21)20-15-5-3-2-4-6-15)14-9-7-13(8-10-14)11-16(18)19/h7-12,15H,2-6H2,1H3,(H,20,21). The minimum absolute atomic E-state index is 0.112. The molecule has 4 heteroatoms. The third-order valence-electron chi connectivity index (χ3n) is 4.06. The first-order valence-corrected chi connectivity index (χ1v) is 8.25. The van der Waals surface area contributed by atoms with Crippen molar-refractivity contribution in [3.8, 4) is 0 Å². The van der Waals surface area contributed by atoms with E-state index in [0.717, 1.165) is 24.0 Å². The molecule has 0 saturated heterocycles. The average Bonchev–Trinajstić information content (AvgIpc) is 2.47. The molecule has 0 spiro atoms. The molecule has 0 aromatic heterocycles. The third-order valence-corrected chi connectivity index (χ3v) is 4.28. The van der Waals surface area contributed by atoms with E-state index in [1.54, 1.807) is 6.08 Å². The summed E-state index contributed by atoms with van der Waals surface area (Å²) in [6, 6.07) is 8.10. The summed E-state index contributed by atoms with van der Waals surface area (Å²) in [5, 5.41) is 3.17. The Morgan fingerprint density at radius 2 is 1.81 bits per heavy atom. The van der Waals surface area contributed by atoms with E-state index in [9.17, 15) is 4.79 Å². The molecule has 2 rings (SSSR count). The summed E-state index contributed by atoms with van der Waals surface area (Å²) in [7, 11) is 0. The maximum atomic E-state index is 12.3. The summed E-state index contributed by atoms with van der Waals surface area (Å²) in [6.45, 7) is 1.94. The number of hydrogen-bond donors (Lipinski definition) is 1. The molecule has 1 aliphatic carbocycles. The van der Waals surface area contributed by atoms with Crippen molar-refractivity contribution in [3.05, 3.63) is 39.9 Å². The van der Waals surface area contributed by atoms with Gasteiger partial charge in [0.05, 0.1) is 5.92 Å². The van der Waals surface area contributed by atoms with E-state index in [-0.39, 0.29) is 16.3 Å². The minimum atomic E-state index is -0.142. The second kappa shape index (κ2) is 7.86. The highest BCUT2D eigenvalue weighted by Gasteiger charge is 2.20. The van der Waals surface area contributed by atoms with Gasteiger partial charge in [-0.25, -0.2) is 0 Å². The molecule has 1 aliphatic rings. The van der Waals surface area contributed by atoms with Gasteiger partial charge in [0.15, 0.2) is 0 Å².